The predicted molar refractivity (Wildman–Crippen MR) is 153 cm³/mol. The minimum atomic E-state index is -4.03. The van der Waals surface area contributed by atoms with E-state index >= 15 is 0 Å². The molecule has 1 aliphatic carbocycles. The van der Waals surface area contributed by atoms with Gasteiger partial charge in [0.15, 0.2) is 6.17 Å². The normalized spacial score (nSPS) is 19.7. The second kappa shape index (κ2) is 12.3. The summed E-state index contributed by atoms with van der Waals surface area (Å²) in [6, 6.07) is 9.67. The van der Waals surface area contributed by atoms with Crippen molar-refractivity contribution in [3.8, 4) is 0 Å². The van der Waals surface area contributed by atoms with Gasteiger partial charge in [0, 0.05) is 31.6 Å². The maximum atomic E-state index is 14.0. The van der Waals surface area contributed by atoms with E-state index in [1.165, 1.54) is 9.58 Å². The van der Waals surface area contributed by atoms with Crippen LogP contribution in [0.2, 0.25) is 0 Å². The van der Waals surface area contributed by atoms with Crippen LogP contribution in [0.4, 0.5) is 0 Å². The quantitative estimate of drug-likeness (QED) is 0.459. The van der Waals surface area contributed by atoms with Crippen LogP contribution < -0.4 is 5.32 Å². The highest BCUT2D eigenvalue weighted by Crippen LogP contribution is 2.30. The van der Waals surface area contributed by atoms with Gasteiger partial charge in [-0.25, -0.2) is 8.42 Å². The predicted octanol–water partition coefficient (Wildman–Crippen LogP) is 2.87. The standard InChI is InChI=1S/C29H41N5O6S/c1-29(2,3)24-18-23(32(4)31-24)28(38)33-15-16-34(41(39,40)19-20-11-7-5-8-12-20)27(33)26(37)30-22(17-25(35)36)21-13-9-6-10-14-21/h5,7-8,11-12,18,21-22,27H,6,9-10,13-17,19H2,1-4H3,(H,30,37)(H,35,36). The molecule has 4 rings (SSSR count). The Morgan fingerprint density at radius 2 is 1.73 bits per heavy atom. The van der Waals surface area contributed by atoms with E-state index in [0.717, 1.165) is 36.4 Å². The molecule has 2 fully saturated rings. The van der Waals surface area contributed by atoms with E-state index in [1.807, 2.05) is 20.8 Å². The molecule has 0 bridgehead atoms. The van der Waals surface area contributed by atoms with E-state index in [2.05, 4.69) is 10.4 Å². The highest BCUT2D eigenvalue weighted by molar-refractivity contribution is 7.88. The molecule has 2 amide bonds. The number of aryl methyl sites for hydroxylation is 1. The highest BCUT2D eigenvalue weighted by Gasteiger charge is 2.47. The molecule has 41 heavy (non-hydrogen) atoms. The molecule has 1 saturated heterocycles. The van der Waals surface area contributed by atoms with Crippen molar-refractivity contribution in [3.63, 3.8) is 0 Å². The number of nitrogens with zero attached hydrogens (tertiary/aromatic N) is 4. The number of carboxylic acid groups (broad SMARTS) is 1. The Hall–Kier alpha value is -3.25. The molecule has 1 saturated carbocycles. The largest absolute Gasteiger partial charge is 0.481 e. The molecule has 11 nitrogen and oxygen atoms in total. The maximum Gasteiger partial charge on any atom is 0.305 e. The Balaban J connectivity index is 1.68. The van der Waals surface area contributed by atoms with Gasteiger partial charge in [0.1, 0.15) is 5.69 Å². The highest BCUT2D eigenvalue weighted by atomic mass is 32.2. The van der Waals surface area contributed by atoms with Crippen LogP contribution in [0.15, 0.2) is 36.4 Å². The molecule has 2 unspecified atom stereocenters. The van der Waals surface area contributed by atoms with E-state index in [4.69, 9.17) is 0 Å². The van der Waals surface area contributed by atoms with Gasteiger partial charge in [-0.2, -0.15) is 9.40 Å². The van der Waals surface area contributed by atoms with Gasteiger partial charge in [-0.15, -0.1) is 0 Å². The first-order chi connectivity index (χ1) is 19.3. The summed E-state index contributed by atoms with van der Waals surface area (Å²) in [5, 5.41) is 16.9. The van der Waals surface area contributed by atoms with Crippen molar-refractivity contribution in [2.24, 2.45) is 13.0 Å². The zero-order chi connectivity index (χ0) is 29.9. The number of sulfonamides is 1. The Bertz CT molecular complexity index is 1360. The SMILES string of the molecule is Cn1nc(C(C)(C)C)cc1C(=O)N1CCN(S(=O)(=O)Cc2ccccc2)C1C(=O)NC(CC(=O)O)C1CCCCC1. The van der Waals surface area contributed by atoms with E-state index in [0.29, 0.717) is 11.3 Å². The van der Waals surface area contributed by atoms with Gasteiger partial charge >= 0.3 is 5.97 Å². The number of amides is 2. The third kappa shape index (κ3) is 7.16. The molecule has 1 aromatic heterocycles. The molecule has 2 heterocycles. The summed E-state index contributed by atoms with van der Waals surface area (Å²) in [6.07, 6.45) is 2.78. The lowest BCUT2D eigenvalue weighted by atomic mass is 9.82. The van der Waals surface area contributed by atoms with Crippen LogP contribution in [0.5, 0.6) is 0 Å². The first-order valence-corrected chi connectivity index (χ1v) is 15.8. The van der Waals surface area contributed by atoms with E-state index in [-0.39, 0.29) is 42.3 Å². The number of hydrogen-bond donors (Lipinski definition) is 2. The van der Waals surface area contributed by atoms with E-state index < -0.39 is 40.0 Å². The Labute approximate surface area is 241 Å². The van der Waals surface area contributed by atoms with Crippen molar-refractivity contribution in [2.75, 3.05) is 13.1 Å². The Morgan fingerprint density at radius 3 is 2.32 bits per heavy atom. The van der Waals surface area contributed by atoms with E-state index in [1.54, 1.807) is 43.4 Å². The average Bonchev–Trinajstić information content (AvgIpc) is 3.53. The van der Waals surface area contributed by atoms with Gasteiger partial charge < -0.3 is 15.3 Å². The molecule has 2 atom stereocenters. The van der Waals surface area contributed by atoms with Crippen LogP contribution >= 0.6 is 0 Å². The maximum absolute atomic E-state index is 14.0. The van der Waals surface area contributed by atoms with Crippen molar-refractivity contribution in [3.05, 3.63) is 53.3 Å². The zero-order valence-corrected chi connectivity index (χ0v) is 25.1. The minimum Gasteiger partial charge on any atom is -0.481 e. The van der Waals surface area contributed by atoms with Gasteiger partial charge in [-0.1, -0.05) is 70.4 Å². The monoisotopic (exact) mass is 587 g/mol. The fraction of sp³-hybridized carbons (Fsp3) is 0.586. The number of hydrogen-bond acceptors (Lipinski definition) is 6. The fourth-order valence-electron chi connectivity index (χ4n) is 5.75. The van der Waals surface area contributed by atoms with Crippen LogP contribution in [-0.2, 0) is 37.8 Å². The minimum absolute atomic E-state index is 0.00793. The Morgan fingerprint density at radius 1 is 1.07 bits per heavy atom. The summed E-state index contributed by atoms with van der Waals surface area (Å²) >= 11 is 0. The van der Waals surface area contributed by atoms with Gasteiger partial charge in [0.05, 0.1) is 17.9 Å². The smallest absolute Gasteiger partial charge is 0.305 e. The molecule has 2 aromatic rings. The first-order valence-electron chi connectivity index (χ1n) is 14.2. The van der Waals surface area contributed by atoms with Gasteiger partial charge in [-0.05, 0) is 30.4 Å². The number of carbonyl (C=O) groups excluding carboxylic acids is 2. The summed E-state index contributed by atoms with van der Waals surface area (Å²) in [6.45, 7) is 5.87. The van der Waals surface area contributed by atoms with Crippen molar-refractivity contribution in [1.82, 2.24) is 24.3 Å². The lowest BCUT2D eigenvalue weighted by Crippen LogP contribution is -2.57. The van der Waals surface area contributed by atoms with Gasteiger partial charge in [0.2, 0.25) is 10.0 Å². The molecular formula is C29H41N5O6S. The number of carboxylic acids is 1. The molecule has 2 aliphatic rings. The summed E-state index contributed by atoms with van der Waals surface area (Å²) in [5.74, 6) is -2.61. The van der Waals surface area contributed by atoms with Crippen LogP contribution in [0.1, 0.15) is 81.0 Å². The third-order valence-corrected chi connectivity index (χ3v) is 9.78. The number of nitrogens with one attached hydrogen (secondary N) is 1. The molecule has 0 radical (unpaired) electrons. The van der Waals surface area contributed by atoms with Crippen LogP contribution in [-0.4, -0.2) is 75.6 Å². The summed E-state index contributed by atoms with van der Waals surface area (Å²) in [4.78, 5) is 40.8. The molecule has 12 heteroatoms. The summed E-state index contributed by atoms with van der Waals surface area (Å²) in [5.41, 5.74) is 1.16. The molecule has 224 valence electrons. The number of aromatic nitrogens is 2. The topological polar surface area (TPSA) is 142 Å². The van der Waals surface area contributed by atoms with Crippen molar-refractivity contribution in [2.45, 2.75) is 82.7 Å². The van der Waals surface area contributed by atoms with Crippen molar-refractivity contribution in [1.29, 1.82) is 0 Å². The van der Waals surface area contributed by atoms with Crippen LogP contribution in [0, 0.1) is 5.92 Å². The molecular weight excluding hydrogens is 546 g/mol. The lowest BCUT2D eigenvalue weighted by Gasteiger charge is -2.34. The number of carbonyl (C=O) groups is 3. The van der Waals surface area contributed by atoms with Crippen LogP contribution in [0.25, 0.3) is 0 Å². The van der Waals surface area contributed by atoms with Crippen molar-refractivity contribution < 1.29 is 27.9 Å². The second-order valence-corrected chi connectivity index (χ2v) is 14.0. The zero-order valence-electron chi connectivity index (χ0n) is 24.2. The number of rotatable bonds is 9. The second-order valence-electron chi connectivity index (χ2n) is 12.1. The Kier molecular flexibility index (Phi) is 9.22. The molecule has 2 N–H and O–H groups in total. The van der Waals surface area contributed by atoms with Crippen molar-refractivity contribution >= 4 is 27.8 Å². The lowest BCUT2D eigenvalue weighted by molar-refractivity contribution is -0.138. The number of benzene rings is 1. The molecule has 1 aliphatic heterocycles. The van der Waals surface area contributed by atoms with Gasteiger partial charge in [0.25, 0.3) is 11.8 Å². The van der Waals surface area contributed by atoms with E-state index in [9.17, 15) is 27.9 Å². The fourth-order valence-corrected chi connectivity index (χ4v) is 7.40. The average molecular weight is 588 g/mol. The molecule has 1 aromatic carbocycles. The number of aliphatic carboxylic acids is 1. The first kappa shape index (κ1) is 30.7. The third-order valence-electron chi connectivity index (χ3n) is 7.98. The summed E-state index contributed by atoms with van der Waals surface area (Å²) in [7, 11) is -2.39. The van der Waals surface area contributed by atoms with Crippen LogP contribution in [0.3, 0.4) is 0 Å². The van der Waals surface area contributed by atoms with Gasteiger partial charge in [-0.3, -0.25) is 19.1 Å². The summed E-state index contributed by atoms with van der Waals surface area (Å²) < 4.78 is 29.9. The molecule has 0 spiro atoms.